The van der Waals surface area contributed by atoms with Crippen LogP contribution < -0.4 is 0 Å². The van der Waals surface area contributed by atoms with Crippen LogP contribution in [0.3, 0.4) is 0 Å². The minimum atomic E-state index is -4.36. The van der Waals surface area contributed by atoms with E-state index < -0.39 is 11.7 Å². The summed E-state index contributed by atoms with van der Waals surface area (Å²) in [5.41, 5.74) is 0.0804. The van der Waals surface area contributed by atoms with Gasteiger partial charge >= 0.3 is 6.18 Å². The highest BCUT2D eigenvalue weighted by atomic mass is 19.4. The number of allylic oxidation sites excluding steroid dienone is 1. The third-order valence-corrected chi connectivity index (χ3v) is 2.50. The first-order chi connectivity index (χ1) is 8.57. The molecule has 18 heavy (non-hydrogen) atoms. The van der Waals surface area contributed by atoms with Gasteiger partial charge in [0.1, 0.15) is 0 Å². The zero-order valence-electron chi connectivity index (χ0n) is 9.48. The van der Waals surface area contributed by atoms with Gasteiger partial charge in [-0.15, -0.1) is 0 Å². The van der Waals surface area contributed by atoms with E-state index in [2.05, 4.69) is 0 Å². The Kier molecular flexibility index (Phi) is 3.51. The van der Waals surface area contributed by atoms with Crippen LogP contribution in [0.4, 0.5) is 13.2 Å². The summed E-state index contributed by atoms with van der Waals surface area (Å²) < 4.78 is 39.1. The van der Waals surface area contributed by atoms with Crippen LogP contribution in [-0.4, -0.2) is 6.18 Å². The van der Waals surface area contributed by atoms with Gasteiger partial charge in [-0.3, -0.25) is 0 Å². The summed E-state index contributed by atoms with van der Waals surface area (Å²) in [5.74, 6) is 0. The molecule has 2 aromatic carbocycles. The molecule has 0 fully saturated rings. The molecule has 2 rings (SSSR count). The van der Waals surface area contributed by atoms with Crippen LogP contribution in [0.25, 0.3) is 11.6 Å². The molecule has 0 unspecified atom stereocenters. The fourth-order valence-electron chi connectivity index (χ4n) is 1.66. The third-order valence-electron chi connectivity index (χ3n) is 2.50. The average molecular weight is 248 g/mol. The fourth-order valence-corrected chi connectivity index (χ4v) is 1.66. The van der Waals surface area contributed by atoms with Gasteiger partial charge in [-0.1, -0.05) is 60.7 Å². The molecule has 92 valence electrons. The van der Waals surface area contributed by atoms with E-state index in [1.54, 1.807) is 48.5 Å². The molecule has 0 nitrogen and oxygen atoms in total. The second-order valence-electron chi connectivity index (χ2n) is 3.83. The molecule has 2 aromatic rings. The second kappa shape index (κ2) is 5.08. The SMILES string of the molecule is FC(F)(F)/C(=C\c1ccccc1)c1ccccc1. The van der Waals surface area contributed by atoms with Crippen LogP contribution in [-0.2, 0) is 0 Å². The Morgan fingerprint density at radius 1 is 0.778 bits per heavy atom. The van der Waals surface area contributed by atoms with E-state index in [4.69, 9.17) is 0 Å². The maximum Gasteiger partial charge on any atom is 0.417 e. The lowest BCUT2D eigenvalue weighted by atomic mass is 10.0. The molecule has 0 aliphatic heterocycles. The summed E-state index contributed by atoms with van der Waals surface area (Å²) in [7, 11) is 0. The van der Waals surface area contributed by atoms with Gasteiger partial charge in [-0.25, -0.2) is 0 Å². The van der Waals surface area contributed by atoms with Gasteiger partial charge < -0.3 is 0 Å². The first kappa shape index (κ1) is 12.4. The first-order valence-corrected chi connectivity index (χ1v) is 5.47. The molecule has 0 atom stereocenters. The predicted molar refractivity (Wildman–Crippen MR) is 66.8 cm³/mol. The number of benzene rings is 2. The zero-order valence-corrected chi connectivity index (χ0v) is 9.48. The quantitative estimate of drug-likeness (QED) is 0.670. The Morgan fingerprint density at radius 3 is 1.78 bits per heavy atom. The summed E-state index contributed by atoms with van der Waals surface area (Å²) in [6.07, 6.45) is -3.20. The molecule has 0 saturated carbocycles. The number of alkyl halides is 3. The lowest BCUT2D eigenvalue weighted by Crippen LogP contribution is -2.10. The molecule has 0 saturated heterocycles. The molecule has 0 aliphatic rings. The molecule has 0 bridgehead atoms. The van der Waals surface area contributed by atoms with Gasteiger partial charge in [0.15, 0.2) is 0 Å². The Morgan fingerprint density at radius 2 is 1.28 bits per heavy atom. The van der Waals surface area contributed by atoms with Gasteiger partial charge in [-0.05, 0) is 17.2 Å². The average Bonchev–Trinajstić information content (AvgIpc) is 2.37. The van der Waals surface area contributed by atoms with Gasteiger partial charge in [0, 0.05) is 0 Å². The molecule has 0 spiro atoms. The standard InChI is InChI=1S/C15H11F3/c16-15(17,18)14(13-9-5-2-6-10-13)11-12-7-3-1-4-8-12/h1-11H/b14-11-. The van der Waals surface area contributed by atoms with Crippen molar-refractivity contribution in [1.82, 2.24) is 0 Å². The van der Waals surface area contributed by atoms with Gasteiger partial charge in [0.25, 0.3) is 0 Å². The van der Waals surface area contributed by atoms with Crippen molar-refractivity contribution in [2.45, 2.75) is 6.18 Å². The lowest BCUT2D eigenvalue weighted by molar-refractivity contribution is -0.0683. The molecule has 0 radical (unpaired) electrons. The van der Waals surface area contributed by atoms with E-state index in [9.17, 15) is 13.2 Å². The molecule has 0 aliphatic carbocycles. The predicted octanol–water partition coefficient (Wildman–Crippen LogP) is 4.79. The molecule has 0 aromatic heterocycles. The van der Waals surface area contributed by atoms with E-state index >= 15 is 0 Å². The van der Waals surface area contributed by atoms with Crippen molar-refractivity contribution in [3.63, 3.8) is 0 Å². The highest BCUT2D eigenvalue weighted by Crippen LogP contribution is 2.35. The van der Waals surface area contributed by atoms with E-state index in [0.717, 1.165) is 6.08 Å². The van der Waals surface area contributed by atoms with Crippen LogP contribution in [0.2, 0.25) is 0 Å². The van der Waals surface area contributed by atoms with E-state index in [1.807, 2.05) is 0 Å². The monoisotopic (exact) mass is 248 g/mol. The van der Waals surface area contributed by atoms with Crippen molar-refractivity contribution < 1.29 is 13.2 Å². The maximum atomic E-state index is 13.0. The number of hydrogen-bond acceptors (Lipinski definition) is 0. The lowest BCUT2D eigenvalue weighted by Gasteiger charge is -2.12. The van der Waals surface area contributed by atoms with Crippen LogP contribution in [0.1, 0.15) is 11.1 Å². The van der Waals surface area contributed by atoms with E-state index in [1.165, 1.54) is 12.1 Å². The molecular formula is C15H11F3. The van der Waals surface area contributed by atoms with Crippen molar-refractivity contribution in [3.8, 4) is 0 Å². The van der Waals surface area contributed by atoms with E-state index in [0.29, 0.717) is 5.56 Å². The zero-order chi connectivity index (χ0) is 13.0. The maximum absolute atomic E-state index is 13.0. The summed E-state index contributed by atoms with van der Waals surface area (Å²) in [6, 6.07) is 16.3. The minimum Gasteiger partial charge on any atom is -0.166 e. The molecular weight excluding hydrogens is 237 g/mol. The highest BCUT2D eigenvalue weighted by Gasteiger charge is 2.34. The second-order valence-corrected chi connectivity index (χ2v) is 3.83. The fraction of sp³-hybridized carbons (Fsp3) is 0.0667. The number of halogens is 3. The van der Waals surface area contributed by atoms with Crippen molar-refractivity contribution in [3.05, 3.63) is 71.8 Å². The van der Waals surface area contributed by atoms with Crippen molar-refractivity contribution in [2.75, 3.05) is 0 Å². The first-order valence-electron chi connectivity index (χ1n) is 5.47. The van der Waals surface area contributed by atoms with Crippen LogP contribution in [0.15, 0.2) is 60.7 Å². The Labute approximate surface area is 103 Å². The molecule has 0 amide bonds. The van der Waals surface area contributed by atoms with Crippen molar-refractivity contribution in [1.29, 1.82) is 0 Å². The van der Waals surface area contributed by atoms with Crippen molar-refractivity contribution in [2.24, 2.45) is 0 Å². The number of hydrogen-bond donors (Lipinski definition) is 0. The van der Waals surface area contributed by atoms with Crippen molar-refractivity contribution >= 4 is 11.6 Å². The summed E-state index contributed by atoms with van der Waals surface area (Å²) >= 11 is 0. The Bertz CT molecular complexity index is 525. The van der Waals surface area contributed by atoms with Gasteiger partial charge in [0.2, 0.25) is 0 Å². The van der Waals surface area contributed by atoms with E-state index in [-0.39, 0.29) is 5.56 Å². The van der Waals surface area contributed by atoms with Crippen LogP contribution in [0, 0.1) is 0 Å². The van der Waals surface area contributed by atoms with Gasteiger partial charge in [0.05, 0.1) is 5.57 Å². The minimum absolute atomic E-state index is 0.175. The molecule has 3 heteroatoms. The normalized spacial score (nSPS) is 12.5. The van der Waals surface area contributed by atoms with Crippen LogP contribution >= 0.6 is 0 Å². The van der Waals surface area contributed by atoms with Gasteiger partial charge in [-0.2, -0.15) is 13.2 Å². The largest absolute Gasteiger partial charge is 0.417 e. The smallest absolute Gasteiger partial charge is 0.166 e. The third kappa shape index (κ3) is 3.00. The summed E-state index contributed by atoms with van der Waals surface area (Å²) in [4.78, 5) is 0. The highest BCUT2D eigenvalue weighted by molar-refractivity contribution is 5.84. The molecule has 0 N–H and O–H groups in total. The Balaban J connectivity index is 2.48. The topological polar surface area (TPSA) is 0 Å². The number of rotatable bonds is 2. The summed E-state index contributed by atoms with van der Waals surface area (Å²) in [6.45, 7) is 0. The van der Waals surface area contributed by atoms with Crippen LogP contribution in [0.5, 0.6) is 0 Å². The Hall–Kier alpha value is -2.03. The molecule has 0 heterocycles. The summed E-state index contributed by atoms with van der Waals surface area (Å²) in [5, 5.41) is 0.